The highest BCUT2D eigenvalue weighted by atomic mass is 32.3. The van der Waals surface area contributed by atoms with E-state index < -0.39 is 34.6 Å². The number of carbonyl (C=O) groups excluding carboxylic acids is 1. The molecule has 1 aliphatic carbocycles. The predicted octanol–water partition coefficient (Wildman–Crippen LogP) is 1.94. The third-order valence-electron chi connectivity index (χ3n) is 5.37. The normalized spacial score (nSPS) is 20.6. The van der Waals surface area contributed by atoms with Gasteiger partial charge in [-0.15, -0.1) is 0 Å². The molecule has 0 bridgehead atoms. The summed E-state index contributed by atoms with van der Waals surface area (Å²) < 4.78 is 42.2. The molecular weight excluding hydrogens is 414 g/mol. The summed E-state index contributed by atoms with van der Waals surface area (Å²) in [6, 6.07) is 14.2. The van der Waals surface area contributed by atoms with Gasteiger partial charge < -0.3 is 14.4 Å². The fraction of sp³-hybridized carbons (Fsp3) is 0.300. The van der Waals surface area contributed by atoms with E-state index in [2.05, 4.69) is 4.18 Å². The number of aliphatic carboxylic acids is 1. The Morgan fingerprint density at radius 2 is 1.63 bits per heavy atom. The molecule has 4 rings (SSSR count). The molecule has 1 N–H and O–H groups in total. The summed E-state index contributed by atoms with van der Waals surface area (Å²) in [5, 5.41) is 9.36. The third-order valence-corrected chi connectivity index (χ3v) is 5.88. The smallest absolute Gasteiger partial charge is 0.410 e. The van der Waals surface area contributed by atoms with E-state index in [1.165, 1.54) is 0 Å². The monoisotopic (exact) mass is 432 g/mol. The quantitative estimate of drug-likeness (QED) is 0.560. The van der Waals surface area contributed by atoms with Crippen LogP contribution in [0.25, 0.3) is 11.1 Å². The molecule has 2 atom stereocenters. The first-order chi connectivity index (χ1) is 14.2. The van der Waals surface area contributed by atoms with Gasteiger partial charge in [0.2, 0.25) is 10.4 Å². The number of hydrogen-bond donors (Lipinski definition) is 1. The van der Waals surface area contributed by atoms with Crippen LogP contribution in [0.3, 0.4) is 0 Å². The molecule has 30 heavy (non-hydrogen) atoms. The van der Waals surface area contributed by atoms with Gasteiger partial charge >= 0.3 is 12.1 Å². The first-order valence-corrected chi connectivity index (χ1v) is 10.6. The molecule has 1 saturated heterocycles. The van der Waals surface area contributed by atoms with Gasteiger partial charge in [0.15, 0.2) is 0 Å². The van der Waals surface area contributed by atoms with Crippen LogP contribution in [0.2, 0.25) is 0 Å². The molecule has 0 aromatic heterocycles. The lowest BCUT2D eigenvalue weighted by Gasteiger charge is -2.22. The molecule has 2 aromatic rings. The zero-order valence-electron chi connectivity index (χ0n) is 15.6. The Balaban J connectivity index is 1.50. The number of carbonyl (C=O) groups is 2. The van der Waals surface area contributed by atoms with Crippen molar-refractivity contribution in [1.29, 1.82) is 0 Å². The second kappa shape index (κ2) is 7.71. The number of benzene rings is 2. The minimum absolute atomic E-state index is 0.0128. The first kappa shape index (κ1) is 20.3. The number of rotatable bonds is 5. The maximum atomic E-state index is 12.6. The highest BCUT2D eigenvalue weighted by molar-refractivity contribution is 7.80. The van der Waals surface area contributed by atoms with Crippen LogP contribution in [0.15, 0.2) is 48.5 Å². The van der Waals surface area contributed by atoms with Gasteiger partial charge in [-0.3, -0.25) is 9.08 Å². The van der Waals surface area contributed by atoms with Crippen molar-refractivity contribution in [2.45, 2.75) is 24.5 Å². The number of likely N-dealkylation sites (tertiary alicyclic amines) is 1. The van der Waals surface area contributed by atoms with E-state index in [9.17, 15) is 27.7 Å². The Kier molecular flexibility index (Phi) is 5.22. The number of carboxylic acid groups (broad SMARTS) is 1. The highest BCUT2D eigenvalue weighted by Crippen LogP contribution is 2.44. The molecule has 10 heteroatoms. The fourth-order valence-electron chi connectivity index (χ4n) is 4.15. The van der Waals surface area contributed by atoms with Gasteiger partial charge in [0.25, 0.3) is 0 Å². The molecule has 1 aliphatic heterocycles. The molecule has 2 aliphatic rings. The lowest BCUT2D eigenvalue weighted by atomic mass is 9.98. The van der Waals surface area contributed by atoms with E-state index in [0.29, 0.717) is 0 Å². The number of hydrogen-bond acceptors (Lipinski definition) is 7. The van der Waals surface area contributed by atoms with Crippen molar-refractivity contribution in [1.82, 2.24) is 4.90 Å². The fourth-order valence-corrected chi connectivity index (χ4v) is 4.62. The average molecular weight is 432 g/mol. The van der Waals surface area contributed by atoms with Crippen molar-refractivity contribution < 1.29 is 36.6 Å². The lowest BCUT2D eigenvalue weighted by molar-refractivity contribution is -0.141. The van der Waals surface area contributed by atoms with Crippen LogP contribution < -0.4 is 0 Å². The summed E-state index contributed by atoms with van der Waals surface area (Å²) in [4.78, 5) is 25.0. The largest absolute Gasteiger partial charge is 0.726 e. The van der Waals surface area contributed by atoms with E-state index in [-0.39, 0.29) is 25.5 Å². The van der Waals surface area contributed by atoms with Gasteiger partial charge in [0.05, 0.1) is 12.6 Å². The van der Waals surface area contributed by atoms with E-state index >= 15 is 0 Å². The van der Waals surface area contributed by atoms with Crippen LogP contribution in [0.1, 0.15) is 23.5 Å². The van der Waals surface area contributed by atoms with Crippen LogP contribution in [0.4, 0.5) is 4.79 Å². The molecule has 0 radical (unpaired) electrons. The molecule has 0 saturated carbocycles. The van der Waals surface area contributed by atoms with Gasteiger partial charge in [-0.2, -0.15) is 0 Å². The standard InChI is InChI=1S/C20H19NO8S/c22-19(23)18-9-12(29-30(25,26)27)10-21(18)20(24)28-11-17-15-7-3-1-5-13(15)14-6-2-4-8-16(14)17/h1-8,12,17-18H,9-11H2,(H,22,23)(H,25,26,27)/p-1/t12-,18+/m1/s1. The number of fused-ring (bicyclic) bond motifs is 3. The van der Waals surface area contributed by atoms with E-state index in [0.717, 1.165) is 27.2 Å². The SMILES string of the molecule is O=C(O)[C@@H]1C[C@@H](OS(=O)(=O)[O-])CN1C(=O)OCC1c2ccccc2-c2ccccc21. The molecule has 1 heterocycles. The number of carboxylic acids is 1. The maximum Gasteiger partial charge on any atom is 0.410 e. The zero-order chi connectivity index (χ0) is 21.5. The first-order valence-electron chi connectivity index (χ1n) is 9.23. The summed E-state index contributed by atoms with van der Waals surface area (Å²) in [5.41, 5.74) is 4.10. The van der Waals surface area contributed by atoms with Gasteiger partial charge in [-0.25, -0.2) is 18.0 Å². The molecular formula is C20H18NO8S-. The van der Waals surface area contributed by atoms with Crippen molar-refractivity contribution >= 4 is 22.5 Å². The Bertz CT molecular complexity index is 1050. The molecule has 1 amide bonds. The highest BCUT2D eigenvalue weighted by Gasteiger charge is 2.42. The van der Waals surface area contributed by atoms with Gasteiger partial charge in [0, 0.05) is 12.3 Å². The van der Waals surface area contributed by atoms with Crippen LogP contribution in [0, 0.1) is 0 Å². The molecule has 0 spiro atoms. The molecule has 0 unspecified atom stereocenters. The van der Waals surface area contributed by atoms with Crippen LogP contribution in [0.5, 0.6) is 0 Å². The predicted molar refractivity (Wildman–Crippen MR) is 102 cm³/mol. The van der Waals surface area contributed by atoms with Crippen molar-refractivity contribution in [3.05, 3.63) is 59.7 Å². The van der Waals surface area contributed by atoms with Crippen LogP contribution in [-0.4, -0.2) is 60.3 Å². The van der Waals surface area contributed by atoms with Crippen molar-refractivity contribution in [3.63, 3.8) is 0 Å². The summed E-state index contributed by atoms with van der Waals surface area (Å²) in [6.07, 6.45) is -2.45. The topological polar surface area (TPSA) is 133 Å². The average Bonchev–Trinajstić information content (AvgIpc) is 3.24. The minimum atomic E-state index is -5.02. The molecule has 158 valence electrons. The molecule has 1 fully saturated rings. The van der Waals surface area contributed by atoms with Gasteiger partial charge in [-0.05, 0) is 22.3 Å². The van der Waals surface area contributed by atoms with E-state index in [1.54, 1.807) is 0 Å². The summed E-state index contributed by atoms with van der Waals surface area (Å²) in [6.45, 7) is -0.379. The maximum absolute atomic E-state index is 12.6. The summed E-state index contributed by atoms with van der Waals surface area (Å²) in [7, 11) is -5.02. The number of amides is 1. The van der Waals surface area contributed by atoms with Gasteiger partial charge in [0.1, 0.15) is 12.6 Å². The molecule has 2 aromatic carbocycles. The summed E-state index contributed by atoms with van der Waals surface area (Å²) in [5.74, 6) is -1.54. The number of ether oxygens (including phenoxy) is 1. The van der Waals surface area contributed by atoms with Crippen molar-refractivity contribution in [2.24, 2.45) is 0 Å². The van der Waals surface area contributed by atoms with Gasteiger partial charge in [-0.1, -0.05) is 48.5 Å². The van der Waals surface area contributed by atoms with E-state index in [1.807, 2.05) is 48.5 Å². The van der Waals surface area contributed by atoms with Crippen LogP contribution in [-0.2, 0) is 24.1 Å². The Labute approximate surface area is 172 Å². The second-order valence-electron chi connectivity index (χ2n) is 7.17. The third kappa shape index (κ3) is 3.89. The second-order valence-corrected chi connectivity index (χ2v) is 8.18. The minimum Gasteiger partial charge on any atom is -0.726 e. The molecule has 9 nitrogen and oxygen atoms in total. The Morgan fingerprint density at radius 3 is 2.17 bits per heavy atom. The van der Waals surface area contributed by atoms with Crippen molar-refractivity contribution in [3.8, 4) is 11.1 Å². The zero-order valence-corrected chi connectivity index (χ0v) is 16.4. The van der Waals surface area contributed by atoms with E-state index in [4.69, 9.17) is 4.74 Å². The summed E-state index contributed by atoms with van der Waals surface area (Å²) >= 11 is 0. The lowest BCUT2D eigenvalue weighted by Crippen LogP contribution is -2.41. The Hall–Kier alpha value is -2.95. The Morgan fingerprint density at radius 1 is 1.07 bits per heavy atom. The van der Waals surface area contributed by atoms with Crippen molar-refractivity contribution in [2.75, 3.05) is 13.2 Å². The van der Waals surface area contributed by atoms with Crippen LogP contribution >= 0.6 is 0 Å². The number of nitrogens with zero attached hydrogens (tertiary/aromatic N) is 1.